The maximum absolute atomic E-state index is 12.3. The number of amides is 2. The van der Waals surface area contributed by atoms with Crippen molar-refractivity contribution in [3.8, 4) is 0 Å². The van der Waals surface area contributed by atoms with E-state index in [1.807, 2.05) is 22.4 Å². The summed E-state index contributed by atoms with van der Waals surface area (Å²) in [5.41, 5.74) is 0. The number of nitrogens with zero attached hydrogens (tertiary/aromatic N) is 2. The van der Waals surface area contributed by atoms with E-state index in [9.17, 15) is 18.0 Å². The topological polar surface area (TPSA) is 74.8 Å². The molecule has 0 spiro atoms. The van der Waals surface area contributed by atoms with Crippen LogP contribution < -0.4 is 0 Å². The molecular formula is C16H22N2O4S2. The molecule has 2 saturated heterocycles. The summed E-state index contributed by atoms with van der Waals surface area (Å²) >= 11 is 1.58. The molecule has 0 bridgehead atoms. The quantitative estimate of drug-likeness (QED) is 0.785. The van der Waals surface area contributed by atoms with Gasteiger partial charge >= 0.3 is 0 Å². The Morgan fingerprint density at radius 1 is 1.12 bits per heavy atom. The average molecular weight is 370 g/mol. The molecule has 2 fully saturated rings. The van der Waals surface area contributed by atoms with Gasteiger partial charge in [-0.05, 0) is 23.8 Å². The van der Waals surface area contributed by atoms with Crippen LogP contribution in [0.4, 0.5) is 0 Å². The third kappa shape index (κ3) is 4.36. The van der Waals surface area contributed by atoms with E-state index >= 15 is 0 Å². The second-order valence-electron chi connectivity index (χ2n) is 6.49. The fourth-order valence-electron chi connectivity index (χ4n) is 3.29. The lowest BCUT2D eigenvalue weighted by molar-refractivity contribution is -0.139. The molecule has 132 valence electrons. The van der Waals surface area contributed by atoms with Crippen LogP contribution in [0.15, 0.2) is 17.5 Å². The first-order chi connectivity index (χ1) is 11.4. The number of carbonyl (C=O) groups excluding carboxylic acids is 2. The molecule has 24 heavy (non-hydrogen) atoms. The molecule has 2 aliphatic rings. The minimum atomic E-state index is -2.94. The van der Waals surface area contributed by atoms with Gasteiger partial charge in [-0.25, -0.2) is 8.42 Å². The van der Waals surface area contributed by atoms with Crippen molar-refractivity contribution < 1.29 is 18.0 Å². The summed E-state index contributed by atoms with van der Waals surface area (Å²) < 4.78 is 23.0. The molecule has 0 radical (unpaired) electrons. The SMILES string of the molecule is O=C(Cc1cccs1)N1CCN(C(=O)CC2CCS(=O)(=O)C2)CC1. The van der Waals surface area contributed by atoms with Crippen molar-refractivity contribution in [2.24, 2.45) is 5.92 Å². The highest BCUT2D eigenvalue weighted by Gasteiger charge is 2.32. The lowest BCUT2D eigenvalue weighted by Gasteiger charge is -2.35. The Labute approximate surface area is 146 Å². The van der Waals surface area contributed by atoms with Gasteiger partial charge in [-0.1, -0.05) is 6.07 Å². The van der Waals surface area contributed by atoms with E-state index in [-0.39, 0.29) is 29.2 Å². The molecular weight excluding hydrogens is 348 g/mol. The first kappa shape index (κ1) is 17.4. The van der Waals surface area contributed by atoms with Crippen molar-refractivity contribution >= 4 is 33.0 Å². The molecule has 2 aliphatic heterocycles. The number of hydrogen-bond donors (Lipinski definition) is 0. The number of hydrogen-bond acceptors (Lipinski definition) is 5. The van der Waals surface area contributed by atoms with Crippen molar-refractivity contribution in [1.29, 1.82) is 0 Å². The molecule has 1 unspecified atom stereocenters. The van der Waals surface area contributed by atoms with E-state index in [1.165, 1.54) is 0 Å². The fraction of sp³-hybridized carbons (Fsp3) is 0.625. The minimum absolute atomic E-state index is 0.0162. The second kappa shape index (κ2) is 7.23. The highest BCUT2D eigenvalue weighted by molar-refractivity contribution is 7.91. The van der Waals surface area contributed by atoms with Gasteiger partial charge < -0.3 is 9.80 Å². The number of sulfone groups is 1. The van der Waals surface area contributed by atoms with Gasteiger partial charge in [-0.3, -0.25) is 9.59 Å². The standard InChI is InChI=1S/C16H22N2O4S2/c19-15(10-13-3-9-24(21,22)12-13)17-4-6-18(7-5-17)16(20)11-14-2-1-8-23-14/h1-2,8,13H,3-7,9-12H2. The summed E-state index contributed by atoms with van der Waals surface area (Å²) in [6.07, 6.45) is 1.32. The summed E-state index contributed by atoms with van der Waals surface area (Å²) in [7, 11) is -2.94. The Hall–Kier alpha value is -1.41. The maximum Gasteiger partial charge on any atom is 0.227 e. The maximum atomic E-state index is 12.3. The second-order valence-corrected chi connectivity index (χ2v) is 9.75. The van der Waals surface area contributed by atoms with E-state index in [0.717, 1.165) is 4.88 Å². The Morgan fingerprint density at radius 3 is 2.33 bits per heavy atom. The molecule has 6 nitrogen and oxygen atoms in total. The van der Waals surface area contributed by atoms with Gasteiger partial charge in [0, 0.05) is 37.5 Å². The van der Waals surface area contributed by atoms with Crippen LogP contribution in [-0.4, -0.2) is 67.7 Å². The van der Waals surface area contributed by atoms with Crippen LogP contribution in [0.5, 0.6) is 0 Å². The van der Waals surface area contributed by atoms with E-state index < -0.39 is 9.84 Å². The predicted octanol–water partition coefficient (Wildman–Crippen LogP) is 0.786. The molecule has 0 saturated carbocycles. The van der Waals surface area contributed by atoms with Gasteiger partial charge in [0.05, 0.1) is 17.9 Å². The summed E-state index contributed by atoms with van der Waals surface area (Å²) in [6, 6.07) is 3.89. The molecule has 2 amide bonds. The number of thiophene rings is 1. The Bertz CT molecular complexity index is 692. The highest BCUT2D eigenvalue weighted by atomic mass is 32.2. The zero-order valence-corrected chi connectivity index (χ0v) is 15.2. The minimum Gasteiger partial charge on any atom is -0.339 e. The van der Waals surface area contributed by atoms with Crippen molar-refractivity contribution in [3.05, 3.63) is 22.4 Å². The predicted molar refractivity (Wildman–Crippen MR) is 92.6 cm³/mol. The smallest absolute Gasteiger partial charge is 0.227 e. The molecule has 0 aromatic carbocycles. The van der Waals surface area contributed by atoms with E-state index in [1.54, 1.807) is 16.2 Å². The lowest BCUT2D eigenvalue weighted by Crippen LogP contribution is -2.51. The molecule has 1 atom stereocenters. The van der Waals surface area contributed by atoms with Crippen LogP contribution in [0, 0.1) is 5.92 Å². The number of rotatable bonds is 4. The summed E-state index contributed by atoms with van der Waals surface area (Å²) in [5, 5.41) is 1.96. The fourth-order valence-corrected chi connectivity index (χ4v) is 5.85. The summed E-state index contributed by atoms with van der Waals surface area (Å²) in [5.74, 6) is 0.420. The molecule has 1 aromatic heterocycles. The van der Waals surface area contributed by atoms with Gasteiger partial charge in [-0.2, -0.15) is 0 Å². The Balaban J connectivity index is 1.44. The third-order valence-corrected chi connectivity index (χ3v) is 7.39. The van der Waals surface area contributed by atoms with E-state index in [0.29, 0.717) is 45.4 Å². The summed E-state index contributed by atoms with van der Waals surface area (Å²) in [6.45, 7) is 2.18. The average Bonchev–Trinajstić information content (AvgIpc) is 3.17. The van der Waals surface area contributed by atoms with Crippen LogP contribution >= 0.6 is 11.3 Å². The van der Waals surface area contributed by atoms with Crippen LogP contribution in [0.3, 0.4) is 0 Å². The van der Waals surface area contributed by atoms with Crippen LogP contribution in [0.2, 0.25) is 0 Å². The van der Waals surface area contributed by atoms with Gasteiger partial charge in [-0.15, -0.1) is 11.3 Å². The first-order valence-corrected chi connectivity index (χ1v) is 10.9. The molecule has 3 rings (SSSR count). The van der Waals surface area contributed by atoms with Crippen LogP contribution in [-0.2, 0) is 25.8 Å². The molecule has 8 heteroatoms. The summed E-state index contributed by atoms with van der Waals surface area (Å²) in [4.78, 5) is 29.2. The largest absolute Gasteiger partial charge is 0.339 e. The molecule has 0 aliphatic carbocycles. The Morgan fingerprint density at radius 2 is 1.79 bits per heavy atom. The monoisotopic (exact) mass is 370 g/mol. The highest BCUT2D eigenvalue weighted by Crippen LogP contribution is 2.22. The molecule has 0 N–H and O–H groups in total. The van der Waals surface area contributed by atoms with E-state index in [2.05, 4.69) is 0 Å². The van der Waals surface area contributed by atoms with Crippen molar-refractivity contribution in [3.63, 3.8) is 0 Å². The van der Waals surface area contributed by atoms with Crippen molar-refractivity contribution in [2.45, 2.75) is 19.3 Å². The lowest BCUT2D eigenvalue weighted by atomic mass is 10.0. The van der Waals surface area contributed by atoms with Gasteiger partial charge in [0.2, 0.25) is 11.8 Å². The van der Waals surface area contributed by atoms with Crippen molar-refractivity contribution in [1.82, 2.24) is 9.80 Å². The Kier molecular flexibility index (Phi) is 5.24. The normalized spacial score (nSPS) is 23.4. The van der Waals surface area contributed by atoms with Gasteiger partial charge in [0.25, 0.3) is 0 Å². The van der Waals surface area contributed by atoms with E-state index in [4.69, 9.17) is 0 Å². The zero-order valence-electron chi connectivity index (χ0n) is 13.5. The third-order valence-electron chi connectivity index (χ3n) is 4.68. The van der Waals surface area contributed by atoms with Crippen molar-refractivity contribution in [2.75, 3.05) is 37.7 Å². The first-order valence-electron chi connectivity index (χ1n) is 8.21. The van der Waals surface area contributed by atoms with Crippen LogP contribution in [0.1, 0.15) is 17.7 Å². The molecule has 3 heterocycles. The van der Waals surface area contributed by atoms with Gasteiger partial charge in [0.15, 0.2) is 9.84 Å². The number of piperazine rings is 1. The molecule has 1 aromatic rings. The van der Waals surface area contributed by atoms with Crippen LogP contribution in [0.25, 0.3) is 0 Å². The van der Waals surface area contributed by atoms with Gasteiger partial charge in [0.1, 0.15) is 0 Å². The zero-order chi connectivity index (χ0) is 17.2. The number of carbonyl (C=O) groups is 2.